The first-order valence-electron chi connectivity index (χ1n) is 6.51. The Morgan fingerprint density at radius 1 is 1.21 bits per heavy atom. The molecule has 0 aliphatic carbocycles. The summed E-state index contributed by atoms with van der Waals surface area (Å²) in [6, 6.07) is 2.85. The fourth-order valence-corrected chi connectivity index (χ4v) is 3.59. The van der Waals surface area contributed by atoms with Gasteiger partial charge in [0.1, 0.15) is 6.33 Å². The molecule has 0 radical (unpaired) electrons. The predicted molar refractivity (Wildman–Crippen MR) is 73.2 cm³/mol. The molecule has 5 heteroatoms. The highest BCUT2D eigenvalue weighted by atomic mass is 35.5. The van der Waals surface area contributed by atoms with Gasteiger partial charge in [-0.2, -0.15) is 0 Å². The van der Waals surface area contributed by atoms with Gasteiger partial charge in [-0.15, -0.1) is 0 Å². The minimum absolute atomic E-state index is 0.356. The van der Waals surface area contributed by atoms with Crippen LogP contribution in [0.4, 0.5) is 5.69 Å². The van der Waals surface area contributed by atoms with Crippen LogP contribution >= 0.6 is 11.6 Å². The van der Waals surface area contributed by atoms with E-state index in [2.05, 4.69) is 19.9 Å². The maximum absolute atomic E-state index is 6.31. The third kappa shape index (κ3) is 1.63. The maximum atomic E-state index is 6.31. The molecule has 0 spiro atoms. The third-order valence-corrected chi connectivity index (χ3v) is 4.44. The zero-order chi connectivity index (χ0) is 12.8. The molecule has 0 aromatic carbocycles. The van der Waals surface area contributed by atoms with Crippen molar-refractivity contribution < 1.29 is 0 Å². The van der Waals surface area contributed by atoms with Crippen LogP contribution in [0.3, 0.4) is 0 Å². The molecular weight excluding hydrogens is 260 g/mol. The lowest BCUT2D eigenvalue weighted by Gasteiger charge is -2.37. The smallest absolute Gasteiger partial charge is 0.115 e. The number of hydrogen-bond donors (Lipinski definition) is 0. The molecule has 19 heavy (non-hydrogen) atoms. The summed E-state index contributed by atoms with van der Waals surface area (Å²) in [5.74, 6) is 0. The van der Waals surface area contributed by atoms with E-state index >= 15 is 0 Å². The van der Waals surface area contributed by atoms with Gasteiger partial charge in [-0.05, 0) is 18.9 Å². The fraction of sp³-hybridized carbons (Fsp3) is 0.357. The van der Waals surface area contributed by atoms with Gasteiger partial charge in [0, 0.05) is 36.6 Å². The summed E-state index contributed by atoms with van der Waals surface area (Å²) in [6.45, 7) is 0. The zero-order valence-corrected chi connectivity index (χ0v) is 11.1. The minimum atomic E-state index is 0.356. The zero-order valence-electron chi connectivity index (χ0n) is 10.3. The van der Waals surface area contributed by atoms with E-state index in [-0.39, 0.29) is 0 Å². The van der Waals surface area contributed by atoms with Crippen molar-refractivity contribution in [3.8, 4) is 0 Å². The van der Waals surface area contributed by atoms with Crippen LogP contribution in [0.25, 0.3) is 0 Å². The fourth-order valence-electron chi connectivity index (χ4n) is 3.37. The van der Waals surface area contributed by atoms with Crippen molar-refractivity contribution in [2.24, 2.45) is 0 Å². The normalized spacial score (nSPS) is 24.4. The van der Waals surface area contributed by atoms with Crippen molar-refractivity contribution in [3.63, 3.8) is 0 Å². The Labute approximate surface area is 116 Å². The van der Waals surface area contributed by atoms with Crippen LogP contribution in [0.2, 0.25) is 5.02 Å². The second-order valence-electron chi connectivity index (χ2n) is 5.11. The first-order valence-corrected chi connectivity index (χ1v) is 6.89. The number of nitrogens with zero attached hydrogens (tertiary/aromatic N) is 4. The Kier molecular flexibility index (Phi) is 2.45. The Bertz CT molecular complexity index is 630. The molecule has 0 saturated carbocycles. The first-order chi connectivity index (χ1) is 9.34. The average molecular weight is 273 g/mol. The molecule has 2 bridgehead atoms. The van der Waals surface area contributed by atoms with Crippen LogP contribution < -0.4 is 4.90 Å². The summed E-state index contributed by atoms with van der Waals surface area (Å²) < 4.78 is 0. The van der Waals surface area contributed by atoms with E-state index in [0.717, 1.165) is 23.6 Å². The molecule has 4 nitrogen and oxygen atoms in total. The molecule has 2 aliphatic heterocycles. The van der Waals surface area contributed by atoms with Gasteiger partial charge in [-0.1, -0.05) is 11.6 Å². The van der Waals surface area contributed by atoms with Gasteiger partial charge in [0.25, 0.3) is 0 Å². The average Bonchev–Trinajstić information content (AvgIpc) is 2.75. The van der Waals surface area contributed by atoms with Crippen molar-refractivity contribution in [2.75, 3.05) is 4.90 Å². The lowest BCUT2D eigenvalue weighted by atomic mass is 9.99. The quantitative estimate of drug-likeness (QED) is 0.801. The van der Waals surface area contributed by atoms with Gasteiger partial charge >= 0.3 is 0 Å². The lowest BCUT2D eigenvalue weighted by molar-refractivity contribution is 0.583. The van der Waals surface area contributed by atoms with Crippen LogP contribution in [0.15, 0.2) is 31.0 Å². The number of halogens is 1. The Morgan fingerprint density at radius 2 is 2.16 bits per heavy atom. The summed E-state index contributed by atoms with van der Waals surface area (Å²) in [5.41, 5.74) is 3.53. The SMILES string of the molecule is Clc1cnccc1N1C2CCC1c1cncnc1C2. The van der Waals surface area contributed by atoms with E-state index in [0.29, 0.717) is 12.1 Å². The van der Waals surface area contributed by atoms with Crippen LogP contribution in [-0.4, -0.2) is 21.0 Å². The highest BCUT2D eigenvalue weighted by Crippen LogP contribution is 2.46. The number of fused-ring (bicyclic) bond motifs is 4. The topological polar surface area (TPSA) is 41.9 Å². The van der Waals surface area contributed by atoms with Gasteiger partial charge in [-0.25, -0.2) is 9.97 Å². The minimum Gasteiger partial charge on any atom is -0.360 e. The molecule has 2 aliphatic rings. The largest absolute Gasteiger partial charge is 0.360 e. The van der Waals surface area contributed by atoms with Gasteiger partial charge in [0.05, 0.1) is 22.4 Å². The molecule has 1 saturated heterocycles. The summed E-state index contributed by atoms with van der Waals surface area (Å²) in [5, 5.41) is 0.722. The summed E-state index contributed by atoms with van der Waals surface area (Å²) >= 11 is 6.31. The van der Waals surface area contributed by atoms with Crippen LogP contribution in [0, 0.1) is 0 Å². The highest BCUT2D eigenvalue weighted by Gasteiger charge is 2.41. The monoisotopic (exact) mass is 272 g/mol. The number of rotatable bonds is 1. The third-order valence-electron chi connectivity index (χ3n) is 4.15. The van der Waals surface area contributed by atoms with Gasteiger partial charge < -0.3 is 4.90 Å². The molecule has 2 aromatic heterocycles. The van der Waals surface area contributed by atoms with Crippen LogP contribution in [0.5, 0.6) is 0 Å². The molecule has 2 unspecified atom stereocenters. The molecule has 2 atom stereocenters. The Balaban J connectivity index is 1.83. The second-order valence-corrected chi connectivity index (χ2v) is 5.52. The summed E-state index contributed by atoms with van der Waals surface area (Å²) in [6.07, 6.45) is 10.4. The van der Waals surface area contributed by atoms with Gasteiger partial charge in [-0.3, -0.25) is 4.98 Å². The molecule has 1 fully saturated rings. The predicted octanol–water partition coefficient (Wildman–Crippen LogP) is 2.79. The van der Waals surface area contributed by atoms with Gasteiger partial charge in [0.15, 0.2) is 0 Å². The number of hydrogen-bond acceptors (Lipinski definition) is 4. The molecule has 0 amide bonds. The van der Waals surface area contributed by atoms with E-state index in [4.69, 9.17) is 11.6 Å². The van der Waals surface area contributed by atoms with Crippen LogP contribution in [-0.2, 0) is 6.42 Å². The van der Waals surface area contributed by atoms with Crippen molar-refractivity contribution in [1.29, 1.82) is 0 Å². The molecular formula is C14H13ClN4. The number of anilines is 1. The van der Waals surface area contributed by atoms with E-state index in [9.17, 15) is 0 Å². The van der Waals surface area contributed by atoms with Gasteiger partial charge in [0.2, 0.25) is 0 Å². The van der Waals surface area contributed by atoms with Crippen molar-refractivity contribution in [2.45, 2.75) is 31.3 Å². The Morgan fingerprint density at radius 3 is 3.05 bits per heavy atom. The molecule has 0 N–H and O–H groups in total. The molecule has 2 aromatic rings. The maximum Gasteiger partial charge on any atom is 0.115 e. The standard InChI is InChI=1S/C14H13ClN4/c15-11-7-16-4-3-14(11)19-9-1-2-13(19)10-6-17-8-18-12(10)5-9/h3-4,6-9,13H,1-2,5H2. The molecule has 96 valence electrons. The molecule has 4 heterocycles. The Hall–Kier alpha value is -1.68. The number of aromatic nitrogens is 3. The van der Waals surface area contributed by atoms with Crippen molar-refractivity contribution in [1.82, 2.24) is 15.0 Å². The first kappa shape index (κ1) is 11.2. The molecule has 4 rings (SSSR count). The van der Waals surface area contributed by atoms with E-state index < -0.39 is 0 Å². The van der Waals surface area contributed by atoms with Crippen molar-refractivity contribution >= 4 is 17.3 Å². The summed E-state index contributed by atoms with van der Waals surface area (Å²) in [4.78, 5) is 15.1. The van der Waals surface area contributed by atoms with E-state index in [1.54, 1.807) is 18.7 Å². The number of pyridine rings is 1. The van der Waals surface area contributed by atoms with Crippen molar-refractivity contribution in [3.05, 3.63) is 47.3 Å². The van der Waals surface area contributed by atoms with E-state index in [1.807, 2.05) is 12.3 Å². The lowest BCUT2D eigenvalue weighted by Crippen LogP contribution is -2.38. The second kappa shape index (κ2) is 4.17. The highest BCUT2D eigenvalue weighted by molar-refractivity contribution is 6.33. The van der Waals surface area contributed by atoms with Crippen LogP contribution in [0.1, 0.15) is 30.1 Å². The summed E-state index contributed by atoms with van der Waals surface area (Å²) in [7, 11) is 0. The van der Waals surface area contributed by atoms with E-state index in [1.165, 1.54) is 17.7 Å².